The summed E-state index contributed by atoms with van der Waals surface area (Å²) in [5.74, 6) is 5.01. The molecule has 0 bridgehead atoms. The molecule has 1 heterocycles. The van der Waals surface area contributed by atoms with E-state index in [1.165, 1.54) is 6.26 Å². The second-order valence-electron chi connectivity index (χ2n) is 4.13. The van der Waals surface area contributed by atoms with Crippen molar-refractivity contribution in [1.29, 1.82) is 0 Å². The van der Waals surface area contributed by atoms with Gasteiger partial charge in [0.15, 0.2) is 5.76 Å². The number of hydrazine groups is 1. The largest absolute Gasteiger partial charge is 0.459 e. The number of carbonyl (C=O) groups is 1. The van der Waals surface area contributed by atoms with Crippen molar-refractivity contribution < 1.29 is 9.21 Å². The fourth-order valence-electron chi connectivity index (χ4n) is 2.03. The van der Waals surface area contributed by atoms with Gasteiger partial charge in [-0.1, -0.05) is 13.8 Å². The normalized spacial score (nSPS) is 11.2. The zero-order chi connectivity index (χ0) is 12.8. The lowest BCUT2D eigenvalue weighted by molar-refractivity contribution is 0.0922. The number of carbonyl (C=O) groups excluding carboxylic acids is 1. The Morgan fingerprint density at radius 1 is 1.53 bits per heavy atom. The van der Waals surface area contributed by atoms with Crippen LogP contribution in [0.1, 0.15) is 42.8 Å². The third kappa shape index (κ3) is 3.31. The van der Waals surface area contributed by atoms with Gasteiger partial charge in [-0.05, 0) is 26.0 Å². The van der Waals surface area contributed by atoms with Gasteiger partial charge in [-0.25, -0.2) is 5.84 Å². The van der Waals surface area contributed by atoms with E-state index in [-0.39, 0.29) is 5.91 Å². The molecular formula is C12H21N3O2. The Morgan fingerprint density at radius 2 is 2.18 bits per heavy atom. The van der Waals surface area contributed by atoms with Gasteiger partial charge in [0.25, 0.3) is 0 Å². The lowest BCUT2D eigenvalue weighted by Crippen LogP contribution is -2.33. The molecule has 0 fully saturated rings. The zero-order valence-corrected chi connectivity index (χ0v) is 10.7. The number of amides is 1. The molecule has 0 saturated carbocycles. The summed E-state index contributed by atoms with van der Waals surface area (Å²) in [6, 6.07) is 2.32. The molecule has 5 heteroatoms. The van der Waals surface area contributed by atoms with Gasteiger partial charge in [0.05, 0.1) is 6.26 Å². The van der Waals surface area contributed by atoms with Gasteiger partial charge in [-0.15, -0.1) is 0 Å². The van der Waals surface area contributed by atoms with Gasteiger partial charge in [0.2, 0.25) is 0 Å². The Hall–Kier alpha value is -1.33. The first-order chi connectivity index (χ1) is 8.13. The van der Waals surface area contributed by atoms with Crippen LogP contribution in [0.15, 0.2) is 16.7 Å². The van der Waals surface area contributed by atoms with E-state index in [2.05, 4.69) is 31.2 Å². The quantitative estimate of drug-likeness (QED) is 0.448. The maximum Gasteiger partial charge on any atom is 0.301 e. The number of nitrogens with one attached hydrogen (secondary N) is 1. The number of furan rings is 1. The first-order valence-electron chi connectivity index (χ1n) is 5.91. The van der Waals surface area contributed by atoms with Crippen molar-refractivity contribution in [2.75, 3.05) is 7.05 Å². The molecule has 0 radical (unpaired) electrons. The van der Waals surface area contributed by atoms with Crippen molar-refractivity contribution in [1.82, 2.24) is 10.3 Å². The van der Waals surface area contributed by atoms with E-state index in [9.17, 15) is 4.79 Å². The monoisotopic (exact) mass is 239 g/mol. The van der Waals surface area contributed by atoms with Crippen LogP contribution >= 0.6 is 0 Å². The lowest BCUT2D eigenvalue weighted by atomic mass is 10.1. The van der Waals surface area contributed by atoms with Crippen LogP contribution in [0.25, 0.3) is 0 Å². The fraction of sp³-hybridized carbons (Fsp3) is 0.583. The first kappa shape index (κ1) is 13.7. The van der Waals surface area contributed by atoms with Crippen LogP contribution in [0.4, 0.5) is 0 Å². The minimum Gasteiger partial charge on any atom is -0.459 e. The van der Waals surface area contributed by atoms with Gasteiger partial charge < -0.3 is 4.42 Å². The van der Waals surface area contributed by atoms with Crippen LogP contribution < -0.4 is 11.3 Å². The standard InChI is InChI=1S/C12H21N3O2/c1-4-10(5-2)15(3)8-9-6-7-17-11(9)12(16)14-13/h6-7,10H,4-5,8,13H2,1-3H3,(H,14,16). The molecule has 17 heavy (non-hydrogen) atoms. The SMILES string of the molecule is CCC(CC)N(C)Cc1ccoc1C(=O)NN. The molecule has 96 valence electrons. The number of nitrogens with zero attached hydrogens (tertiary/aromatic N) is 1. The van der Waals surface area contributed by atoms with Crippen molar-refractivity contribution in [2.45, 2.75) is 39.3 Å². The fourth-order valence-corrected chi connectivity index (χ4v) is 2.03. The molecule has 0 unspecified atom stereocenters. The highest BCUT2D eigenvalue weighted by Gasteiger charge is 2.18. The Kier molecular flexibility index (Phi) is 5.18. The van der Waals surface area contributed by atoms with Gasteiger partial charge in [0.1, 0.15) is 0 Å². The van der Waals surface area contributed by atoms with E-state index in [1.807, 2.05) is 6.07 Å². The third-order valence-corrected chi connectivity index (χ3v) is 3.07. The summed E-state index contributed by atoms with van der Waals surface area (Å²) in [6.45, 7) is 5.01. The molecule has 3 N–H and O–H groups in total. The van der Waals surface area contributed by atoms with Crippen LogP contribution in [0.3, 0.4) is 0 Å². The highest BCUT2D eigenvalue weighted by atomic mass is 16.3. The highest BCUT2D eigenvalue weighted by Crippen LogP contribution is 2.16. The minimum atomic E-state index is -0.386. The summed E-state index contributed by atoms with van der Waals surface area (Å²) in [7, 11) is 2.05. The smallest absolute Gasteiger partial charge is 0.301 e. The van der Waals surface area contributed by atoms with Crippen LogP contribution in [-0.4, -0.2) is 23.9 Å². The molecule has 1 amide bonds. The number of nitrogen functional groups attached to an aromatic ring is 1. The minimum absolute atomic E-state index is 0.297. The predicted molar refractivity (Wildman–Crippen MR) is 66.2 cm³/mol. The molecule has 0 spiro atoms. The summed E-state index contributed by atoms with van der Waals surface area (Å²) < 4.78 is 5.15. The van der Waals surface area contributed by atoms with Crippen molar-refractivity contribution in [3.63, 3.8) is 0 Å². The van der Waals surface area contributed by atoms with Gasteiger partial charge in [0, 0.05) is 18.2 Å². The van der Waals surface area contributed by atoms with Gasteiger partial charge in [-0.3, -0.25) is 15.1 Å². The van der Waals surface area contributed by atoms with Crippen molar-refractivity contribution >= 4 is 5.91 Å². The molecule has 1 rings (SSSR count). The van der Waals surface area contributed by atoms with E-state index < -0.39 is 0 Å². The number of hydrogen-bond donors (Lipinski definition) is 2. The van der Waals surface area contributed by atoms with E-state index in [0.29, 0.717) is 18.3 Å². The van der Waals surface area contributed by atoms with E-state index in [4.69, 9.17) is 10.3 Å². The zero-order valence-electron chi connectivity index (χ0n) is 10.7. The second kappa shape index (κ2) is 6.42. The molecule has 0 aliphatic rings. The van der Waals surface area contributed by atoms with Gasteiger partial charge in [-0.2, -0.15) is 0 Å². The Morgan fingerprint density at radius 3 is 2.71 bits per heavy atom. The summed E-state index contributed by atoms with van der Waals surface area (Å²) in [5, 5.41) is 0. The molecular weight excluding hydrogens is 218 g/mol. The number of hydrogen-bond acceptors (Lipinski definition) is 4. The third-order valence-electron chi connectivity index (χ3n) is 3.07. The van der Waals surface area contributed by atoms with Gasteiger partial charge >= 0.3 is 5.91 Å². The molecule has 0 aromatic carbocycles. The Balaban J connectivity index is 2.74. The van der Waals surface area contributed by atoms with E-state index in [1.54, 1.807) is 0 Å². The first-order valence-corrected chi connectivity index (χ1v) is 5.91. The Bertz CT molecular complexity index is 358. The highest BCUT2D eigenvalue weighted by molar-refractivity contribution is 5.92. The topological polar surface area (TPSA) is 71.5 Å². The van der Waals surface area contributed by atoms with Crippen molar-refractivity contribution in [2.24, 2.45) is 5.84 Å². The molecule has 0 atom stereocenters. The van der Waals surface area contributed by atoms with Crippen LogP contribution in [0.2, 0.25) is 0 Å². The average Bonchev–Trinajstić information content (AvgIpc) is 2.77. The van der Waals surface area contributed by atoms with E-state index >= 15 is 0 Å². The Labute approximate surface area is 102 Å². The molecule has 0 saturated heterocycles. The summed E-state index contributed by atoms with van der Waals surface area (Å²) in [5.41, 5.74) is 2.95. The summed E-state index contributed by atoms with van der Waals surface area (Å²) in [6.07, 6.45) is 3.69. The van der Waals surface area contributed by atoms with Crippen molar-refractivity contribution in [3.8, 4) is 0 Å². The number of rotatable bonds is 6. The predicted octanol–water partition coefficient (Wildman–Crippen LogP) is 1.50. The van der Waals surface area contributed by atoms with E-state index in [0.717, 1.165) is 18.4 Å². The second-order valence-corrected chi connectivity index (χ2v) is 4.13. The van der Waals surface area contributed by atoms with Crippen molar-refractivity contribution in [3.05, 3.63) is 23.7 Å². The van der Waals surface area contributed by atoms with Crippen LogP contribution in [-0.2, 0) is 6.54 Å². The maximum atomic E-state index is 11.4. The summed E-state index contributed by atoms with van der Waals surface area (Å²) >= 11 is 0. The molecule has 5 nitrogen and oxygen atoms in total. The molecule has 1 aromatic heterocycles. The summed E-state index contributed by atoms with van der Waals surface area (Å²) in [4.78, 5) is 13.7. The molecule has 0 aliphatic heterocycles. The lowest BCUT2D eigenvalue weighted by Gasteiger charge is -2.25. The van der Waals surface area contributed by atoms with Crippen LogP contribution in [0.5, 0.6) is 0 Å². The maximum absolute atomic E-state index is 11.4. The molecule has 0 aliphatic carbocycles. The van der Waals surface area contributed by atoms with Crippen LogP contribution in [0, 0.1) is 0 Å². The molecule has 1 aromatic rings. The number of nitrogens with two attached hydrogens (primary N) is 1. The average molecular weight is 239 g/mol.